The van der Waals surface area contributed by atoms with E-state index < -0.39 is 0 Å². The highest BCUT2D eigenvalue weighted by molar-refractivity contribution is 6.30. The number of halogens is 1. The second-order valence-electron chi connectivity index (χ2n) is 7.94. The van der Waals surface area contributed by atoms with E-state index in [-0.39, 0.29) is 11.8 Å². The van der Waals surface area contributed by atoms with Gasteiger partial charge in [0, 0.05) is 30.2 Å². The normalized spacial score (nSPS) is 16.7. The molecular formula is C23H27ClN4O2. The molecule has 0 bridgehead atoms. The van der Waals surface area contributed by atoms with Crippen LogP contribution in [0.4, 0.5) is 0 Å². The number of aryl methyl sites for hydroxylation is 1. The van der Waals surface area contributed by atoms with E-state index in [0.717, 1.165) is 60.7 Å². The summed E-state index contributed by atoms with van der Waals surface area (Å²) < 4.78 is 6.04. The minimum absolute atomic E-state index is 0.0216. The number of benzene rings is 1. The summed E-state index contributed by atoms with van der Waals surface area (Å²) >= 11 is 5.95. The van der Waals surface area contributed by atoms with E-state index >= 15 is 0 Å². The number of H-pyrrole nitrogens is 1. The van der Waals surface area contributed by atoms with Gasteiger partial charge in [-0.1, -0.05) is 37.1 Å². The third-order valence-corrected chi connectivity index (χ3v) is 5.82. The average molecular weight is 427 g/mol. The smallest absolute Gasteiger partial charge is 0.274 e. The Morgan fingerprint density at radius 2 is 2.17 bits per heavy atom. The molecule has 2 aromatic heterocycles. The number of carbonyl (C=O) groups excluding carboxylic acids is 1. The zero-order valence-electron chi connectivity index (χ0n) is 17.2. The molecule has 0 aliphatic carbocycles. The molecule has 1 aromatic carbocycles. The molecule has 1 saturated heterocycles. The number of hydrogen-bond donors (Lipinski definition) is 1. The predicted molar refractivity (Wildman–Crippen MR) is 116 cm³/mol. The molecule has 1 fully saturated rings. The zero-order valence-corrected chi connectivity index (χ0v) is 18.0. The number of rotatable bonds is 7. The van der Waals surface area contributed by atoms with Gasteiger partial charge in [-0.15, -0.1) is 0 Å². The molecule has 7 heteroatoms. The van der Waals surface area contributed by atoms with E-state index in [4.69, 9.17) is 16.0 Å². The minimum atomic E-state index is -0.0216. The third kappa shape index (κ3) is 4.93. The SMILES string of the molecule is CCCCc1cc(C(=O)N2CCCC(c3ncc(Cc4ccc(Cl)cc4)o3)C2)n[nH]1. The number of oxazole rings is 1. The lowest BCUT2D eigenvalue weighted by Gasteiger charge is -2.30. The highest BCUT2D eigenvalue weighted by Gasteiger charge is 2.29. The van der Waals surface area contributed by atoms with Crippen LogP contribution in [0.3, 0.4) is 0 Å². The molecule has 1 aliphatic rings. The van der Waals surface area contributed by atoms with Gasteiger partial charge in [-0.25, -0.2) is 4.98 Å². The number of piperidine rings is 1. The van der Waals surface area contributed by atoms with Crippen LogP contribution >= 0.6 is 11.6 Å². The van der Waals surface area contributed by atoms with Crippen LogP contribution in [0, 0.1) is 0 Å². The summed E-state index contributed by atoms with van der Waals surface area (Å²) in [7, 11) is 0. The van der Waals surface area contributed by atoms with Gasteiger partial charge in [-0.3, -0.25) is 9.89 Å². The Hall–Kier alpha value is -2.60. The lowest BCUT2D eigenvalue weighted by atomic mass is 9.97. The molecule has 3 heterocycles. The summed E-state index contributed by atoms with van der Waals surface area (Å²) in [6, 6.07) is 9.62. The summed E-state index contributed by atoms with van der Waals surface area (Å²) in [5.74, 6) is 1.62. The Bertz CT molecular complexity index is 979. The number of nitrogens with zero attached hydrogens (tertiary/aromatic N) is 3. The fourth-order valence-electron chi connectivity index (χ4n) is 3.89. The van der Waals surface area contributed by atoms with Crippen molar-refractivity contribution in [2.75, 3.05) is 13.1 Å². The summed E-state index contributed by atoms with van der Waals surface area (Å²) in [6.07, 6.45) is 7.49. The summed E-state index contributed by atoms with van der Waals surface area (Å²) in [4.78, 5) is 19.3. The molecule has 30 heavy (non-hydrogen) atoms. The van der Waals surface area contributed by atoms with E-state index in [1.807, 2.05) is 35.2 Å². The summed E-state index contributed by atoms with van der Waals surface area (Å²) in [5.41, 5.74) is 2.64. The lowest BCUT2D eigenvalue weighted by Crippen LogP contribution is -2.39. The Labute approximate surface area is 181 Å². The van der Waals surface area contributed by atoms with Gasteiger partial charge in [-0.2, -0.15) is 5.10 Å². The molecule has 0 radical (unpaired) electrons. The molecule has 1 aliphatic heterocycles. The highest BCUT2D eigenvalue weighted by atomic mass is 35.5. The van der Waals surface area contributed by atoms with Gasteiger partial charge < -0.3 is 9.32 Å². The number of aromatic amines is 1. The van der Waals surface area contributed by atoms with Gasteiger partial charge >= 0.3 is 0 Å². The zero-order chi connectivity index (χ0) is 20.9. The first kappa shape index (κ1) is 20.7. The van der Waals surface area contributed by atoms with Crippen LogP contribution in [-0.2, 0) is 12.8 Å². The van der Waals surface area contributed by atoms with E-state index in [9.17, 15) is 4.79 Å². The van der Waals surface area contributed by atoms with Crippen LogP contribution < -0.4 is 0 Å². The van der Waals surface area contributed by atoms with Gasteiger partial charge in [0.2, 0.25) is 0 Å². The third-order valence-electron chi connectivity index (χ3n) is 5.57. The molecule has 6 nitrogen and oxygen atoms in total. The van der Waals surface area contributed by atoms with E-state index in [0.29, 0.717) is 24.6 Å². The summed E-state index contributed by atoms with van der Waals surface area (Å²) in [5, 5.41) is 7.95. The maximum atomic E-state index is 12.9. The Balaban J connectivity index is 1.39. The largest absolute Gasteiger partial charge is 0.445 e. The molecule has 1 atom stereocenters. The first-order chi connectivity index (χ1) is 14.6. The molecule has 0 spiro atoms. The fourth-order valence-corrected chi connectivity index (χ4v) is 4.01. The predicted octanol–water partition coefficient (Wildman–Crippen LogP) is 5.00. The molecule has 1 unspecified atom stereocenters. The van der Waals surface area contributed by atoms with E-state index in [1.54, 1.807) is 6.20 Å². The van der Waals surface area contributed by atoms with Crippen molar-refractivity contribution in [1.29, 1.82) is 0 Å². The number of carbonyl (C=O) groups is 1. The molecule has 158 valence electrons. The van der Waals surface area contributed by atoms with Crippen molar-refractivity contribution in [1.82, 2.24) is 20.1 Å². The Morgan fingerprint density at radius 3 is 2.97 bits per heavy atom. The molecule has 1 N–H and O–H groups in total. The van der Waals surface area contributed by atoms with Crippen molar-refractivity contribution < 1.29 is 9.21 Å². The van der Waals surface area contributed by atoms with Crippen LogP contribution in [0.1, 0.15) is 71.9 Å². The van der Waals surface area contributed by atoms with Gasteiger partial charge in [0.05, 0.1) is 12.1 Å². The number of aromatic nitrogens is 3. The average Bonchev–Trinajstić information content (AvgIpc) is 3.43. The van der Waals surface area contributed by atoms with Crippen molar-refractivity contribution in [2.45, 2.75) is 51.4 Å². The number of likely N-dealkylation sites (tertiary alicyclic amines) is 1. The minimum Gasteiger partial charge on any atom is -0.445 e. The molecule has 1 amide bonds. The summed E-state index contributed by atoms with van der Waals surface area (Å²) in [6.45, 7) is 3.50. The van der Waals surface area contributed by atoms with Crippen LogP contribution in [0.15, 0.2) is 40.9 Å². The standard InChI is InChI=1S/C23H27ClN4O2/c1-2-3-6-19-13-21(27-26-19)23(29)28-11-4-5-17(15-28)22-25-14-20(30-22)12-16-7-9-18(24)10-8-16/h7-10,13-14,17H,2-6,11-12,15H2,1H3,(H,26,27). The van der Waals surface area contributed by atoms with E-state index in [1.165, 1.54) is 0 Å². The lowest BCUT2D eigenvalue weighted by molar-refractivity contribution is 0.0692. The monoisotopic (exact) mass is 426 g/mol. The highest BCUT2D eigenvalue weighted by Crippen LogP contribution is 2.28. The van der Waals surface area contributed by atoms with Crippen LogP contribution in [0.2, 0.25) is 5.02 Å². The van der Waals surface area contributed by atoms with Gasteiger partial charge in [0.15, 0.2) is 5.89 Å². The van der Waals surface area contributed by atoms with Gasteiger partial charge in [0.25, 0.3) is 5.91 Å². The number of hydrogen-bond acceptors (Lipinski definition) is 4. The van der Waals surface area contributed by atoms with Gasteiger partial charge in [0.1, 0.15) is 11.5 Å². The van der Waals surface area contributed by atoms with Crippen molar-refractivity contribution >= 4 is 17.5 Å². The Morgan fingerprint density at radius 1 is 1.33 bits per heavy atom. The maximum absolute atomic E-state index is 12.9. The second kappa shape index (κ2) is 9.47. The maximum Gasteiger partial charge on any atom is 0.274 e. The first-order valence-corrected chi connectivity index (χ1v) is 11.0. The molecule has 4 rings (SSSR count). The second-order valence-corrected chi connectivity index (χ2v) is 8.38. The first-order valence-electron chi connectivity index (χ1n) is 10.6. The topological polar surface area (TPSA) is 75.0 Å². The quantitative estimate of drug-likeness (QED) is 0.576. The Kier molecular flexibility index (Phi) is 6.53. The molecule has 3 aromatic rings. The van der Waals surface area contributed by atoms with E-state index in [2.05, 4.69) is 22.1 Å². The van der Waals surface area contributed by atoms with Crippen molar-refractivity contribution in [3.8, 4) is 0 Å². The van der Waals surface area contributed by atoms with Crippen molar-refractivity contribution in [2.24, 2.45) is 0 Å². The molecule has 0 saturated carbocycles. The van der Waals surface area contributed by atoms with Crippen LogP contribution in [0.25, 0.3) is 0 Å². The van der Waals surface area contributed by atoms with Gasteiger partial charge in [-0.05, 0) is 49.4 Å². The van der Waals surface area contributed by atoms with Crippen LogP contribution in [-0.4, -0.2) is 39.1 Å². The number of nitrogens with one attached hydrogen (secondary N) is 1. The number of unbranched alkanes of at least 4 members (excludes halogenated alkanes) is 1. The van der Waals surface area contributed by atoms with Crippen molar-refractivity contribution in [3.05, 3.63) is 70.2 Å². The van der Waals surface area contributed by atoms with Crippen LogP contribution in [0.5, 0.6) is 0 Å². The molecular weight excluding hydrogens is 400 g/mol. The number of amides is 1. The fraction of sp³-hybridized carbons (Fsp3) is 0.435. The van der Waals surface area contributed by atoms with Crippen molar-refractivity contribution in [3.63, 3.8) is 0 Å².